The third kappa shape index (κ3) is 11.3. The second kappa shape index (κ2) is 17.2. The van der Waals surface area contributed by atoms with Gasteiger partial charge in [-0.25, -0.2) is 9.97 Å². The van der Waals surface area contributed by atoms with Gasteiger partial charge in [-0.05, 0) is 68.7 Å². The summed E-state index contributed by atoms with van der Waals surface area (Å²) in [5, 5.41) is 0. The van der Waals surface area contributed by atoms with Crippen molar-refractivity contribution in [1.82, 2.24) is 9.97 Å². The second-order valence-electron chi connectivity index (χ2n) is 10.1. The van der Waals surface area contributed by atoms with E-state index in [9.17, 15) is 4.79 Å². The highest BCUT2D eigenvalue weighted by Crippen LogP contribution is 2.27. The Hall–Kier alpha value is -3.40. The number of carbonyl (C=O) groups excluding carboxylic acids is 1. The standard InChI is InChI=1S/C34H45N3O/c1-7-30(31(25-32(35-6)26(2)3)20-21-34-36-22-13-23-37-34)17-12-15-28(5)33(38)24-29-16-11-9-8-10-14-27(4)18-19-29/h8-11,13-14,16,18-19,22-23,25,28,30H,2,7,12,15,17,20-21,24H2,1,3-6H3/b9-8?,10-8?,11-9?,14-10?,16-11?,19-18?,27-14?,27-18?,29-16?,29-19?,31-25+,35-32?. The molecule has 4 heteroatoms. The maximum Gasteiger partial charge on any atom is 0.140 e. The summed E-state index contributed by atoms with van der Waals surface area (Å²) >= 11 is 0. The van der Waals surface area contributed by atoms with Crippen molar-refractivity contribution in [3.8, 4) is 0 Å². The van der Waals surface area contributed by atoms with Gasteiger partial charge in [-0.2, -0.15) is 0 Å². The molecule has 2 atom stereocenters. The van der Waals surface area contributed by atoms with Crippen LogP contribution in [-0.4, -0.2) is 28.5 Å². The van der Waals surface area contributed by atoms with Crippen LogP contribution in [0, 0.1) is 18.8 Å². The molecule has 4 nitrogen and oxygen atoms in total. The number of carbonyl (C=O) groups is 1. The number of aliphatic imine (C=N–C) groups is 1. The van der Waals surface area contributed by atoms with E-state index < -0.39 is 0 Å². The summed E-state index contributed by atoms with van der Waals surface area (Å²) in [5.41, 5.74) is 5.49. The van der Waals surface area contributed by atoms with E-state index in [1.807, 2.05) is 50.4 Å². The highest BCUT2D eigenvalue weighted by atomic mass is 16.1. The monoisotopic (exact) mass is 511 g/mol. The largest absolute Gasteiger partial charge is 0.299 e. The van der Waals surface area contributed by atoms with Crippen molar-refractivity contribution < 1.29 is 4.79 Å². The van der Waals surface area contributed by atoms with Gasteiger partial charge >= 0.3 is 0 Å². The van der Waals surface area contributed by atoms with Crippen LogP contribution in [0.3, 0.4) is 0 Å². The fourth-order valence-corrected chi connectivity index (χ4v) is 4.50. The molecule has 2 rings (SSSR count). The molecule has 1 heterocycles. The first-order valence-corrected chi connectivity index (χ1v) is 13.8. The quantitative estimate of drug-likeness (QED) is 0.241. The normalized spacial score (nSPS) is 13.4. The zero-order chi connectivity index (χ0) is 27.8. The van der Waals surface area contributed by atoms with Crippen molar-refractivity contribution in [3.63, 3.8) is 0 Å². The van der Waals surface area contributed by atoms with E-state index in [0.29, 0.717) is 18.1 Å². The Kier molecular flexibility index (Phi) is 13.9. The lowest BCUT2D eigenvalue weighted by Gasteiger charge is -2.21. The summed E-state index contributed by atoms with van der Waals surface area (Å²) in [6.45, 7) is 12.5. The number of Topliss-reactive ketones (excluding diaryl/α,β-unsaturated/α-hetero) is 1. The molecule has 202 valence electrons. The zero-order valence-corrected chi connectivity index (χ0v) is 24.0. The zero-order valence-electron chi connectivity index (χ0n) is 24.0. The minimum absolute atomic E-state index is 0.0334. The molecule has 2 unspecified atom stereocenters. The first-order chi connectivity index (χ1) is 18.3. The minimum atomic E-state index is 0.0334. The molecule has 2 aromatic rings. The summed E-state index contributed by atoms with van der Waals surface area (Å²) in [4.78, 5) is 26.3. The van der Waals surface area contributed by atoms with E-state index in [0.717, 1.165) is 61.2 Å². The molecule has 0 radical (unpaired) electrons. The van der Waals surface area contributed by atoms with Gasteiger partial charge < -0.3 is 0 Å². The fraction of sp³-hybridized carbons (Fsp3) is 0.412. The summed E-state index contributed by atoms with van der Waals surface area (Å²) in [7, 11) is 1.82. The number of hydrogen-bond donors (Lipinski definition) is 0. The smallest absolute Gasteiger partial charge is 0.140 e. The van der Waals surface area contributed by atoms with Crippen LogP contribution in [0.2, 0.25) is 0 Å². The fourth-order valence-electron chi connectivity index (χ4n) is 4.50. The Balaban J connectivity index is 2.05. The van der Waals surface area contributed by atoms with Gasteiger partial charge in [0.25, 0.3) is 0 Å². The Morgan fingerprint density at radius 3 is 2.39 bits per heavy atom. The lowest BCUT2D eigenvalue weighted by Crippen LogP contribution is -2.15. The van der Waals surface area contributed by atoms with E-state index in [1.54, 1.807) is 12.4 Å². The molecule has 38 heavy (non-hydrogen) atoms. The van der Waals surface area contributed by atoms with Gasteiger partial charge in [0.15, 0.2) is 0 Å². The molecule has 0 spiro atoms. The molecule has 0 fully saturated rings. The molecule has 0 aliphatic carbocycles. The molecule has 1 aromatic carbocycles. The maximum absolute atomic E-state index is 13.1. The third-order valence-corrected chi connectivity index (χ3v) is 6.95. The molecule has 0 aliphatic heterocycles. The Morgan fingerprint density at radius 1 is 1.03 bits per heavy atom. The Bertz CT molecular complexity index is 1150. The van der Waals surface area contributed by atoms with Crippen LogP contribution < -0.4 is 0 Å². The predicted molar refractivity (Wildman–Crippen MR) is 161 cm³/mol. The number of ketones is 1. The minimum Gasteiger partial charge on any atom is -0.299 e. The third-order valence-electron chi connectivity index (χ3n) is 6.95. The lowest BCUT2D eigenvalue weighted by atomic mass is 9.85. The first-order valence-electron chi connectivity index (χ1n) is 13.8. The average Bonchev–Trinajstić information content (AvgIpc) is 2.92. The summed E-state index contributed by atoms with van der Waals surface area (Å²) in [6, 6.07) is 18.1. The van der Waals surface area contributed by atoms with Crippen LogP contribution in [0.15, 0.2) is 95.8 Å². The van der Waals surface area contributed by atoms with Gasteiger partial charge in [0.1, 0.15) is 11.6 Å². The van der Waals surface area contributed by atoms with E-state index in [4.69, 9.17) is 0 Å². The number of aryl methyl sites for hydroxylation is 2. The van der Waals surface area contributed by atoms with E-state index in [1.165, 1.54) is 11.1 Å². The van der Waals surface area contributed by atoms with Crippen LogP contribution in [-0.2, 0) is 17.6 Å². The SMILES string of the molecule is C=C(C)C(/C=C(\CCc1ncccn1)C(CC)CCCC(C)C(=O)Cc1ccccccc(C)cc1)=NC. The Labute approximate surface area is 230 Å². The van der Waals surface area contributed by atoms with Crippen molar-refractivity contribution in [1.29, 1.82) is 0 Å². The number of rotatable bonds is 14. The van der Waals surface area contributed by atoms with Crippen LogP contribution >= 0.6 is 0 Å². The predicted octanol–water partition coefficient (Wildman–Crippen LogP) is 8.06. The van der Waals surface area contributed by atoms with Crippen LogP contribution in [0.4, 0.5) is 0 Å². The second-order valence-corrected chi connectivity index (χ2v) is 10.1. The van der Waals surface area contributed by atoms with E-state index in [2.05, 4.69) is 66.6 Å². The summed E-state index contributed by atoms with van der Waals surface area (Å²) in [6.07, 6.45) is 12.0. The van der Waals surface area contributed by atoms with Crippen LogP contribution in [0.5, 0.6) is 0 Å². The average molecular weight is 512 g/mol. The lowest BCUT2D eigenvalue weighted by molar-refractivity contribution is -0.121. The van der Waals surface area contributed by atoms with Crippen molar-refractivity contribution in [2.24, 2.45) is 16.8 Å². The van der Waals surface area contributed by atoms with E-state index >= 15 is 0 Å². The summed E-state index contributed by atoms with van der Waals surface area (Å²) in [5.74, 6) is 1.62. The molecule has 0 aliphatic rings. The van der Waals surface area contributed by atoms with Crippen LogP contribution in [0.1, 0.15) is 69.8 Å². The highest BCUT2D eigenvalue weighted by molar-refractivity contribution is 6.07. The van der Waals surface area contributed by atoms with Crippen molar-refractivity contribution >= 4 is 11.5 Å². The Morgan fingerprint density at radius 2 is 1.74 bits per heavy atom. The molecule has 1 aromatic heterocycles. The molecule has 0 saturated heterocycles. The molecule has 0 saturated carbocycles. The van der Waals surface area contributed by atoms with Gasteiger partial charge in [0, 0.05) is 38.2 Å². The number of nitrogens with zero attached hydrogens (tertiary/aromatic N) is 3. The van der Waals surface area contributed by atoms with Gasteiger partial charge in [0.05, 0.1) is 5.71 Å². The molecule has 0 N–H and O–H groups in total. The maximum atomic E-state index is 13.1. The van der Waals surface area contributed by atoms with Gasteiger partial charge in [0.2, 0.25) is 0 Å². The summed E-state index contributed by atoms with van der Waals surface area (Å²) < 4.78 is 0. The molecule has 0 amide bonds. The van der Waals surface area contributed by atoms with Crippen LogP contribution in [0.25, 0.3) is 0 Å². The van der Waals surface area contributed by atoms with E-state index in [-0.39, 0.29) is 5.92 Å². The van der Waals surface area contributed by atoms with Gasteiger partial charge in [-0.1, -0.05) is 86.5 Å². The van der Waals surface area contributed by atoms with Crippen molar-refractivity contribution in [2.45, 2.75) is 72.6 Å². The molecular weight excluding hydrogens is 466 g/mol. The topological polar surface area (TPSA) is 55.2 Å². The number of hydrogen-bond acceptors (Lipinski definition) is 4. The number of aromatic nitrogens is 2. The first kappa shape index (κ1) is 30.8. The highest BCUT2D eigenvalue weighted by Gasteiger charge is 2.17. The molecule has 0 bridgehead atoms. The van der Waals surface area contributed by atoms with Crippen molar-refractivity contribution in [3.05, 3.63) is 108 Å². The van der Waals surface area contributed by atoms with Crippen molar-refractivity contribution in [2.75, 3.05) is 7.05 Å². The number of allylic oxidation sites excluding steroid dienone is 3. The van der Waals surface area contributed by atoms with Gasteiger partial charge in [-0.3, -0.25) is 9.79 Å². The van der Waals surface area contributed by atoms with Gasteiger partial charge in [-0.15, -0.1) is 0 Å². The molecular formula is C34H45N3O.